The van der Waals surface area contributed by atoms with E-state index in [4.69, 9.17) is 6.42 Å². The normalized spacial score (nSPS) is 24.5. The van der Waals surface area contributed by atoms with Gasteiger partial charge in [-0.05, 0) is 90.8 Å². The van der Waals surface area contributed by atoms with Gasteiger partial charge < -0.3 is 0 Å². The van der Waals surface area contributed by atoms with Crippen LogP contribution in [0.15, 0.2) is 48.8 Å². The van der Waals surface area contributed by atoms with Crippen molar-refractivity contribution < 1.29 is 9.18 Å². The van der Waals surface area contributed by atoms with E-state index in [2.05, 4.69) is 35.8 Å². The van der Waals surface area contributed by atoms with Crippen LogP contribution in [0.2, 0.25) is 0 Å². The van der Waals surface area contributed by atoms with Crippen LogP contribution in [0.3, 0.4) is 0 Å². The number of hydrogen-bond donors (Lipinski definition) is 0. The van der Waals surface area contributed by atoms with Crippen LogP contribution in [0.1, 0.15) is 62.3 Å². The lowest BCUT2D eigenvalue weighted by Gasteiger charge is -2.31. The third kappa shape index (κ3) is 4.06. The maximum absolute atomic E-state index is 13.9. The number of nitrogens with zero attached hydrogens (tertiary/aromatic N) is 2. The number of terminal acetylenes is 1. The van der Waals surface area contributed by atoms with Gasteiger partial charge in [-0.25, -0.2) is 9.37 Å². The molecule has 0 radical (unpaired) electrons. The summed E-state index contributed by atoms with van der Waals surface area (Å²) in [6.07, 6.45) is 13.7. The molecule has 4 heteroatoms. The van der Waals surface area contributed by atoms with Crippen molar-refractivity contribution in [3.8, 4) is 12.3 Å². The van der Waals surface area contributed by atoms with Gasteiger partial charge >= 0.3 is 0 Å². The second-order valence-corrected chi connectivity index (χ2v) is 10.4. The smallest absolute Gasteiger partial charge is 0.143 e. The highest BCUT2D eigenvalue weighted by molar-refractivity contribution is 5.86. The van der Waals surface area contributed by atoms with E-state index in [1.807, 2.05) is 12.3 Å². The molecule has 2 aromatic heterocycles. The molecule has 2 aliphatic carbocycles. The zero-order valence-corrected chi connectivity index (χ0v) is 19.2. The molecule has 2 saturated carbocycles. The molecule has 0 amide bonds. The molecule has 2 unspecified atom stereocenters. The maximum Gasteiger partial charge on any atom is 0.143 e. The molecule has 33 heavy (non-hydrogen) atoms. The van der Waals surface area contributed by atoms with Gasteiger partial charge in [0, 0.05) is 29.6 Å². The molecular formula is C29H29FN2O. The van der Waals surface area contributed by atoms with Crippen molar-refractivity contribution >= 4 is 16.7 Å². The molecule has 0 spiro atoms. The lowest BCUT2D eigenvalue weighted by atomic mass is 9.71. The Hall–Kier alpha value is -3.06. The average Bonchev–Trinajstić information content (AvgIpc) is 3.39. The van der Waals surface area contributed by atoms with Crippen LogP contribution in [-0.2, 0) is 11.2 Å². The van der Waals surface area contributed by atoms with Crippen molar-refractivity contribution in [2.45, 2.75) is 51.9 Å². The minimum Gasteiger partial charge on any atom is -0.299 e. The number of benzene rings is 1. The number of hydrogen-bond acceptors (Lipinski definition) is 3. The number of aromatic nitrogens is 2. The van der Waals surface area contributed by atoms with E-state index in [0.29, 0.717) is 35.8 Å². The number of carbonyl (C=O) groups is 1. The highest BCUT2D eigenvalue weighted by Crippen LogP contribution is 2.56. The molecule has 168 valence electrons. The zero-order chi connectivity index (χ0) is 23.2. The second-order valence-electron chi connectivity index (χ2n) is 10.4. The van der Waals surface area contributed by atoms with Crippen LogP contribution in [0.4, 0.5) is 4.39 Å². The molecule has 2 heterocycles. The molecule has 2 fully saturated rings. The predicted molar refractivity (Wildman–Crippen MR) is 128 cm³/mol. The summed E-state index contributed by atoms with van der Waals surface area (Å²) in [7, 11) is 0. The maximum atomic E-state index is 13.9. The largest absolute Gasteiger partial charge is 0.299 e. The van der Waals surface area contributed by atoms with Gasteiger partial charge in [0.1, 0.15) is 17.3 Å². The Morgan fingerprint density at radius 3 is 2.52 bits per heavy atom. The van der Waals surface area contributed by atoms with Gasteiger partial charge in [0.15, 0.2) is 0 Å². The van der Waals surface area contributed by atoms with Crippen molar-refractivity contribution in [3.05, 3.63) is 71.4 Å². The highest BCUT2D eigenvalue weighted by Gasteiger charge is 2.48. The summed E-state index contributed by atoms with van der Waals surface area (Å²) >= 11 is 0. The van der Waals surface area contributed by atoms with Gasteiger partial charge in [-0.3, -0.25) is 9.78 Å². The summed E-state index contributed by atoms with van der Waals surface area (Å²) in [5, 5.41) is 0.944. The van der Waals surface area contributed by atoms with E-state index < -0.39 is 0 Å². The monoisotopic (exact) mass is 440 g/mol. The molecule has 5 rings (SSSR count). The van der Waals surface area contributed by atoms with Gasteiger partial charge in [-0.2, -0.15) is 0 Å². The van der Waals surface area contributed by atoms with Gasteiger partial charge in [0.2, 0.25) is 0 Å². The van der Waals surface area contributed by atoms with Crippen LogP contribution in [0.5, 0.6) is 0 Å². The first-order chi connectivity index (χ1) is 15.8. The fraction of sp³-hybridized carbons (Fsp3) is 0.414. The average molecular weight is 441 g/mol. The first kappa shape index (κ1) is 21.8. The standard InChI is InChI=1S/C29H29FN2O/c1-4-24-7-5-18(17-32-24)11-28(33)29(2,3)22-14-19-12-21(13-20(19)15-22)25-9-10-31-27-8-6-23(30)16-26(25)27/h1,5-10,16-17,19-22H,11-15H2,2-3H3/t19-,20+,21?,22?. The molecule has 0 saturated heterocycles. The van der Waals surface area contributed by atoms with E-state index in [1.165, 1.54) is 11.6 Å². The first-order valence-electron chi connectivity index (χ1n) is 11.8. The summed E-state index contributed by atoms with van der Waals surface area (Å²) in [5.74, 6) is 4.66. The molecule has 3 aromatic rings. The van der Waals surface area contributed by atoms with E-state index in [1.54, 1.807) is 24.4 Å². The summed E-state index contributed by atoms with van der Waals surface area (Å²) in [5.41, 5.74) is 3.23. The molecule has 3 nitrogen and oxygen atoms in total. The lowest BCUT2D eigenvalue weighted by Crippen LogP contribution is -2.33. The van der Waals surface area contributed by atoms with Crippen LogP contribution in [0.25, 0.3) is 10.9 Å². The minimum atomic E-state index is -0.364. The Morgan fingerprint density at radius 1 is 1.09 bits per heavy atom. The number of rotatable bonds is 5. The molecule has 0 N–H and O–H groups in total. The number of halogens is 1. The van der Waals surface area contributed by atoms with E-state index in [-0.39, 0.29) is 17.0 Å². The summed E-state index contributed by atoms with van der Waals surface area (Å²) in [6.45, 7) is 4.22. The van der Waals surface area contributed by atoms with Crippen LogP contribution < -0.4 is 0 Å². The van der Waals surface area contributed by atoms with Crippen LogP contribution in [-0.4, -0.2) is 15.8 Å². The molecule has 0 bridgehead atoms. The molecule has 1 aromatic carbocycles. The fourth-order valence-corrected chi connectivity index (χ4v) is 6.21. The summed E-state index contributed by atoms with van der Waals surface area (Å²) in [6, 6.07) is 10.6. The van der Waals surface area contributed by atoms with Crippen LogP contribution >= 0.6 is 0 Å². The lowest BCUT2D eigenvalue weighted by molar-refractivity contribution is -0.129. The van der Waals surface area contributed by atoms with Crippen LogP contribution in [0, 0.1) is 41.3 Å². The number of Topliss-reactive ketones (excluding diaryl/α,β-unsaturated/α-hetero) is 1. The Balaban J connectivity index is 1.27. The molecular weight excluding hydrogens is 411 g/mol. The second kappa shape index (κ2) is 8.37. The number of ketones is 1. The third-order valence-electron chi connectivity index (χ3n) is 8.27. The van der Waals surface area contributed by atoms with Gasteiger partial charge in [0.25, 0.3) is 0 Å². The third-order valence-corrected chi connectivity index (χ3v) is 8.27. The van der Waals surface area contributed by atoms with Gasteiger partial charge in [-0.1, -0.05) is 25.8 Å². The molecule has 0 aliphatic heterocycles. The Kier molecular flexibility index (Phi) is 5.52. The van der Waals surface area contributed by atoms with E-state index in [0.717, 1.165) is 42.1 Å². The van der Waals surface area contributed by atoms with E-state index in [9.17, 15) is 9.18 Å². The predicted octanol–water partition coefficient (Wildman–Crippen LogP) is 6.11. The number of carbonyl (C=O) groups excluding carboxylic acids is 1. The molecule has 4 atom stereocenters. The zero-order valence-electron chi connectivity index (χ0n) is 19.2. The fourth-order valence-electron chi connectivity index (χ4n) is 6.21. The highest BCUT2D eigenvalue weighted by atomic mass is 19.1. The van der Waals surface area contributed by atoms with Crippen molar-refractivity contribution in [3.63, 3.8) is 0 Å². The Labute approximate surface area is 194 Å². The quantitative estimate of drug-likeness (QED) is 0.450. The Morgan fingerprint density at radius 2 is 1.85 bits per heavy atom. The minimum absolute atomic E-state index is 0.209. The van der Waals surface area contributed by atoms with Crippen molar-refractivity contribution in [1.29, 1.82) is 0 Å². The topological polar surface area (TPSA) is 42.9 Å². The van der Waals surface area contributed by atoms with Crippen molar-refractivity contribution in [2.24, 2.45) is 23.2 Å². The SMILES string of the molecule is C#Cc1ccc(CC(=O)C(C)(C)C2C[C@H]3CC(c4ccnc5ccc(F)cc45)C[C@H]3C2)cn1. The molecule has 2 aliphatic rings. The number of fused-ring (bicyclic) bond motifs is 2. The summed E-state index contributed by atoms with van der Waals surface area (Å²) < 4.78 is 13.9. The van der Waals surface area contributed by atoms with Gasteiger partial charge in [-0.15, -0.1) is 6.42 Å². The van der Waals surface area contributed by atoms with Crippen molar-refractivity contribution in [2.75, 3.05) is 0 Å². The Bertz CT molecular complexity index is 1230. The van der Waals surface area contributed by atoms with Crippen molar-refractivity contribution in [1.82, 2.24) is 9.97 Å². The first-order valence-corrected chi connectivity index (χ1v) is 11.8. The number of pyridine rings is 2. The van der Waals surface area contributed by atoms with Gasteiger partial charge in [0.05, 0.1) is 5.52 Å². The summed E-state index contributed by atoms with van der Waals surface area (Å²) in [4.78, 5) is 21.9. The van der Waals surface area contributed by atoms with E-state index >= 15 is 0 Å².